The molecule has 4 unspecified atom stereocenters. The van der Waals surface area contributed by atoms with Crippen molar-refractivity contribution >= 4 is 5.97 Å². The minimum Gasteiger partial charge on any atom is -0.469 e. The minimum absolute atomic E-state index is 0.0384. The summed E-state index contributed by atoms with van der Waals surface area (Å²) in [7, 11) is 1.52. The van der Waals surface area contributed by atoms with Gasteiger partial charge in [-0.2, -0.15) is 0 Å². The Balaban J connectivity index is 1.81. The fourth-order valence-electron chi connectivity index (χ4n) is 6.32. The molecule has 1 saturated carbocycles. The van der Waals surface area contributed by atoms with Crippen LogP contribution in [-0.4, -0.2) is 13.1 Å². The smallest absolute Gasteiger partial charge is 0.309 e. The second-order valence-electron chi connectivity index (χ2n) is 7.40. The van der Waals surface area contributed by atoms with Crippen LogP contribution in [0.25, 0.3) is 0 Å². The quantitative estimate of drug-likeness (QED) is 0.755. The molecule has 0 aromatic heterocycles. The van der Waals surface area contributed by atoms with Crippen molar-refractivity contribution < 1.29 is 9.53 Å². The summed E-state index contributed by atoms with van der Waals surface area (Å²) in [5.41, 5.74) is 5.65. The van der Waals surface area contributed by atoms with Gasteiger partial charge in [-0.15, -0.1) is 0 Å². The molecule has 5 rings (SSSR count). The van der Waals surface area contributed by atoms with Crippen molar-refractivity contribution in [3.63, 3.8) is 0 Å². The number of hydrogen-bond donors (Lipinski definition) is 0. The Labute approximate surface area is 136 Å². The molecule has 116 valence electrons. The number of benzene rings is 2. The largest absolute Gasteiger partial charge is 0.469 e. The van der Waals surface area contributed by atoms with Gasteiger partial charge in [0, 0.05) is 10.8 Å². The van der Waals surface area contributed by atoms with Crippen LogP contribution >= 0.6 is 0 Å². The van der Waals surface area contributed by atoms with Crippen LogP contribution in [0.15, 0.2) is 48.5 Å². The molecule has 0 radical (unpaired) electrons. The van der Waals surface area contributed by atoms with Crippen LogP contribution in [0.3, 0.4) is 0 Å². The maximum Gasteiger partial charge on any atom is 0.309 e. The van der Waals surface area contributed by atoms with Gasteiger partial charge in [-0.05, 0) is 41.0 Å². The molecular formula is C21H20O2. The third-order valence-electron chi connectivity index (χ3n) is 6.99. The molecule has 0 bridgehead atoms. The lowest BCUT2D eigenvalue weighted by atomic mass is 9.39. The van der Waals surface area contributed by atoms with E-state index in [0.717, 1.165) is 12.8 Å². The number of rotatable bonds is 1. The van der Waals surface area contributed by atoms with Crippen LogP contribution in [0, 0.1) is 11.8 Å². The van der Waals surface area contributed by atoms with E-state index in [9.17, 15) is 4.79 Å². The van der Waals surface area contributed by atoms with Gasteiger partial charge in [-0.25, -0.2) is 0 Å². The van der Waals surface area contributed by atoms with E-state index in [1.54, 1.807) is 0 Å². The Morgan fingerprint density at radius 2 is 1.48 bits per heavy atom. The molecule has 3 aliphatic carbocycles. The second kappa shape index (κ2) is 4.05. The molecule has 0 saturated heterocycles. The van der Waals surface area contributed by atoms with E-state index < -0.39 is 0 Å². The van der Waals surface area contributed by atoms with Crippen molar-refractivity contribution in [2.24, 2.45) is 11.8 Å². The summed E-state index contributed by atoms with van der Waals surface area (Å²) in [6, 6.07) is 17.5. The van der Waals surface area contributed by atoms with Gasteiger partial charge in [0.2, 0.25) is 0 Å². The molecule has 0 amide bonds. The lowest BCUT2D eigenvalue weighted by Gasteiger charge is -2.62. The number of ether oxygens (including phenoxy) is 1. The molecule has 3 aliphatic rings. The molecule has 0 heterocycles. The number of hydrogen-bond acceptors (Lipinski definition) is 2. The Hall–Kier alpha value is -2.09. The first-order valence-corrected chi connectivity index (χ1v) is 8.41. The highest BCUT2D eigenvalue weighted by molar-refractivity contribution is 5.82. The molecule has 4 atom stereocenters. The highest BCUT2D eigenvalue weighted by Crippen LogP contribution is 2.75. The third kappa shape index (κ3) is 1.20. The number of carbonyl (C=O) groups is 1. The van der Waals surface area contributed by atoms with Gasteiger partial charge >= 0.3 is 5.97 Å². The summed E-state index contributed by atoms with van der Waals surface area (Å²) in [5, 5.41) is 0. The number of methoxy groups -OCH3 is 1. The predicted octanol–water partition coefficient (Wildman–Crippen LogP) is 3.41. The lowest BCUT2D eigenvalue weighted by molar-refractivity contribution is -0.167. The summed E-state index contributed by atoms with van der Waals surface area (Å²) in [6.45, 7) is 2.24. The fourth-order valence-corrected chi connectivity index (χ4v) is 6.32. The summed E-state index contributed by atoms with van der Waals surface area (Å²) in [6.07, 6.45) is 2.01. The SMILES string of the molecule is COC(=O)C1C(C)C23Cc4ccccc4C12Cc1ccccc13. The first-order valence-electron chi connectivity index (χ1n) is 8.41. The first kappa shape index (κ1) is 13.4. The van der Waals surface area contributed by atoms with Crippen LogP contribution in [0.2, 0.25) is 0 Å². The van der Waals surface area contributed by atoms with Gasteiger partial charge in [0.15, 0.2) is 0 Å². The van der Waals surface area contributed by atoms with Crippen LogP contribution in [0.1, 0.15) is 29.2 Å². The molecule has 2 aromatic carbocycles. The number of esters is 1. The maximum absolute atomic E-state index is 12.6. The minimum atomic E-state index is -0.0974. The van der Waals surface area contributed by atoms with E-state index >= 15 is 0 Å². The summed E-state index contributed by atoms with van der Waals surface area (Å²) in [5.74, 6) is 0.229. The molecule has 0 N–H and O–H groups in total. The number of fused-ring (bicyclic) bond motifs is 2. The second-order valence-corrected chi connectivity index (χ2v) is 7.40. The molecule has 2 heteroatoms. The van der Waals surface area contributed by atoms with Crippen LogP contribution in [-0.2, 0) is 33.2 Å². The van der Waals surface area contributed by atoms with Crippen molar-refractivity contribution in [1.82, 2.24) is 0 Å². The summed E-state index contributed by atoms with van der Waals surface area (Å²) < 4.78 is 5.21. The van der Waals surface area contributed by atoms with Gasteiger partial charge in [0.1, 0.15) is 0 Å². The monoisotopic (exact) mass is 304 g/mol. The molecule has 2 aromatic rings. The van der Waals surface area contributed by atoms with Crippen molar-refractivity contribution in [2.45, 2.75) is 30.6 Å². The molecule has 1 fully saturated rings. The highest BCUT2D eigenvalue weighted by Gasteiger charge is 2.78. The lowest BCUT2D eigenvalue weighted by Crippen LogP contribution is -2.68. The normalized spacial score (nSPS) is 35.6. The van der Waals surface area contributed by atoms with E-state index in [-0.39, 0.29) is 22.7 Å². The van der Waals surface area contributed by atoms with Crippen molar-refractivity contribution in [3.8, 4) is 0 Å². The zero-order valence-corrected chi connectivity index (χ0v) is 13.5. The Kier molecular flexibility index (Phi) is 2.35. The van der Waals surface area contributed by atoms with Gasteiger partial charge in [0.05, 0.1) is 13.0 Å². The van der Waals surface area contributed by atoms with Crippen LogP contribution in [0.4, 0.5) is 0 Å². The van der Waals surface area contributed by atoms with Gasteiger partial charge in [-0.3, -0.25) is 4.79 Å². The highest BCUT2D eigenvalue weighted by atomic mass is 16.5. The standard InChI is InChI=1S/C21H20O2/c1-13-18(19(22)23-2)21-12-15-8-3-5-9-16(15)20(13,21)11-14-7-4-6-10-17(14)21/h3-10,13,18H,11-12H2,1-2H3. The van der Waals surface area contributed by atoms with Gasteiger partial charge in [-0.1, -0.05) is 55.5 Å². The molecule has 0 aliphatic heterocycles. The van der Waals surface area contributed by atoms with Crippen LogP contribution in [0.5, 0.6) is 0 Å². The van der Waals surface area contributed by atoms with Crippen LogP contribution < -0.4 is 0 Å². The Bertz CT molecular complexity index is 839. The molecule has 2 nitrogen and oxygen atoms in total. The van der Waals surface area contributed by atoms with Crippen molar-refractivity contribution in [2.75, 3.05) is 7.11 Å². The molecular weight excluding hydrogens is 284 g/mol. The van der Waals surface area contributed by atoms with E-state index in [1.807, 2.05) is 0 Å². The van der Waals surface area contributed by atoms with Crippen molar-refractivity contribution in [3.05, 3.63) is 70.8 Å². The van der Waals surface area contributed by atoms with E-state index in [1.165, 1.54) is 29.4 Å². The predicted molar refractivity (Wildman–Crippen MR) is 88.3 cm³/mol. The summed E-state index contributed by atoms with van der Waals surface area (Å²) >= 11 is 0. The maximum atomic E-state index is 12.6. The Morgan fingerprint density at radius 3 is 2.09 bits per heavy atom. The van der Waals surface area contributed by atoms with E-state index in [4.69, 9.17) is 4.74 Å². The fraction of sp³-hybridized carbons (Fsp3) is 0.381. The number of carbonyl (C=O) groups excluding carboxylic acids is 1. The molecule has 23 heavy (non-hydrogen) atoms. The third-order valence-corrected chi connectivity index (χ3v) is 6.99. The summed E-state index contributed by atoms with van der Waals surface area (Å²) in [4.78, 5) is 12.6. The van der Waals surface area contributed by atoms with Crippen molar-refractivity contribution in [1.29, 1.82) is 0 Å². The Morgan fingerprint density at radius 1 is 0.957 bits per heavy atom. The zero-order valence-electron chi connectivity index (χ0n) is 13.5. The van der Waals surface area contributed by atoms with Gasteiger partial charge < -0.3 is 4.74 Å². The van der Waals surface area contributed by atoms with Gasteiger partial charge in [0.25, 0.3) is 0 Å². The topological polar surface area (TPSA) is 26.3 Å². The first-order chi connectivity index (χ1) is 11.2. The zero-order chi connectivity index (χ0) is 15.8. The average Bonchev–Trinajstić information content (AvgIpc) is 2.96. The van der Waals surface area contributed by atoms with E-state index in [0.29, 0.717) is 5.92 Å². The average molecular weight is 304 g/mol. The molecule has 0 spiro atoms. The van der Waals surface area contributed by atoms with E-state index in [2.05, 4.69) is 55.5 Å².